The first kappa shape index (κ1) is 26.8. The highest BCUT2D eigenvalue weighted by Gasteiger charge is 2.29. The minimum absolute atomic E-state index is 0.0987. The largest absolute Gasteiger partial charge is 0.352 e. The lowest BCUT2D eigenvalue weighted by Crippen LogP contribution is -2.33. The van der Waals surface area contributed by atoms with Gasteiger partial charge in [-0.2, -0.15) is 5.10 Å². The molecule has 11 heteroatoms. The maximum Gasteiger partial charge on any atom is 0.272 e. The first-order chi connectivity index (χ1) is 19.2. The lowest BCUT2D eigenvalue weighted by Gasteiger charge is -2.29. The van der Waals surface area contributed by atoms with Crippen LogP contribution in [-0.4, -0.2) is 62.1 Å². The topological polar surface area (TPSA) is 129 Å². The van der Waals surface area contributed by atoms with Crippen LogP contribution in [0.4, 0.5) is 5.82 Å². The van der Waals surface area contributed by atoms with Crippen molar-refractivity contribution in [3.8, 4) is 11.4 Å². The Morgan fingerprint density at radius 1 is 1.07 bits per heavy atom. The average Bonchev–Trinajstić information content (AvgIpc) is 3.35. The van der Waals surface area contributed by atoms with E-state index in [4.69, 9.17) is 5.10 Å². The van der Waals surface area contributed by atoms with Gasteiger partial charge < -0.3 is 20.1 Å². The van der Waals surface area contributed by atoms with Gasteiger partial charge in [-0.1, -0.05) is 24.3 Å². The van der Waals surface area contributed by atoms with E-state index in [1.165, 1.54) is 17.2 Å². The number of H-pyrrole nitrogens is 1. The number of hydrogen-bond donors (Lipinski definition) is 2. The fraction of sp³-hybridized carbons (Fsp3) is 0.310. The van der Waals surface area contributed by atoms with Crippen LogP contribution in [0.15, 0.2) is 59.7 Å². The van der Waals surface area contributed by atoms with Crippen molar-refractivity contribution < 1.29 is 9.59 Å². The molecule has 0 radical (unpaired) electrons. The maximum absolute atomic E-state index is 13.4. The highest BCUT2D eigenvalue weighted by atomic mass is 16.2. The molecular weight excluding hydrogens is 508 g/mol. The number of benzene rings is 1. The summed E-state index contributed by atoms with van der Waals surface area (Å²) in [6, 6.07) is 12.6. The van der Waals surface area contributed by atoms with Gasteiger partial charge in [0.15, 0.2) is 5.69 Å². The maximum atomic E-state index is 13.4. The van der Waals surface area contributed by atoms with E-state index in [1.807, 2.05) is 35.0 Å². The quantitative estimate of drug-likeness (QED) is 0.369. The molecule has 4 aromatic rings. The number of nitrogens with one attached hydrogen (secondary N) is 2. The molecule has 0 bridgehead atoms. The zero-order valence-corrected chi connectivity index (χ0v) is 23.0. The third-order valence-corrected chi connectivity index (χ3v) is 6.87. The van der Waals surface area contributed by atoms with Crippen molar-refractivity contribution in [2.24, 2.45) is 0 Å². The van der Waals surface area contributed by atoms with E-state index in [-0.39, 0.29) is 23.4 Å². The minimum Gasteiger partial charge on any atom is -0.352 e. The van der Waals surface area contributed by atoms with Crippen molar-refractivity contribution in [2.75, 3.05) is 25.5 Å². The van der Waals surface area contributed by atoms with Crippen molar-refractivity contribution in [1.29, 1.82) is 0 Å². The van der Waals surface area contributed by atoms with E-state index in [2.05, 4.69) is 39.0 Å². The summed E-state index contributed by atoms with van der Waals surface area (Å²) in [6.45, 7) is 5.66. The molecule has 0 spiro atoms. The number of fused-ring (bicyclic) bond motifs is 1. The molecule has 3 aromatic heterocycles. The molecule has 206 valence electrons. The molecule has 0 fully saturated rings. The molecule has 1 aliphatic heterocycles. The predicted molar refractivity (Wildman–Crippen MR) is 151 cm³/mol. The Morgan fingerprint density at radius 3 is 2.50 bits per heavy atom. The minimum atomic E-state index is -0.240. The first-order valence-electron chi connectivity index (χ1n) is 13.2. The van der Waals surface area contributed by atoms with E-state index >= 15 is 0 Å². The van der Waals surface area contributed by atoms with E-state index in [0.717, 1.165) is 41.2 Å². The van der Waals surface area contributed by atoms with Crippen LogP contribution in [-0.2, 0) is 19.5 Å². The van der Waals surface area contributed by atoms with Gasteiger partial charge >= 0.3 is 0 Å². The van der Waals surface area contributed by atoms with Crippen molar-refractivity contribution in [1.82, 2.24) is 34.9 Å². The van der Waals surface area contributed by atoms with E-state index in [1.54, 1.807) is 26.4 Å². The summed E-state index contributed by atoms with van der Waals surface area (Å²) in [4.78, 5) is 52.3. The molecule has 0 unspecified atom stereocenters. The summed E-state index contributed by atoms with van der Waals surface area (Å²) in [5.74, 6) is 0.903. The van der Waals surface area contributed by atoms with Crippen molar-refractivity contribution in [3.05, 3.63) is 93.3 Å². The Kier molecular flexibility index (Phi) is 7.45. The normalized spacial score (nSPS) is 12.8. The Balaban J connectivity index is 1.32. The van der Waals surface area contributed by atoms with Gasteiger partial charge in [0.2, 0.25) is 0 Å². The van der Waals surface area contributed by atoms with Gasteiger partial charge in [0.25, 0.3) is 17.4 Å². The van der Waals surface area contributed by atoms with Crippen LogP contribution in [0.1, 0.15) is 57.6 Å². The number of rotatable bonds is 7. The summed E-state index contributed by atoms with van der Waals surface area (Å²) in [6.07, 6.45) is 3.79. The number of nitrogens with zero attached hydrogens (tertiary/aromatic N) is 6. The summed E-state index contributed by atoms with van der Waals surface area (Å²) in [5, 5.41) is 7.72. The zero-order valence-electron chi connectivity index (χ0n) is 23.0. The number of carbonyl (C=O) groups excluding carboxylic acids is 2. The molecular formula is C29H32N8O3. The second-order valence-electron chi connectivity index (χ2n) is 10.3. The van der Waals surface area contributed by atoms with Gasteiger partial charge in [-0.15, -0.1) is 0 Å². The van der Waals surface area contributed by atoms with Crippen LogP contribution in [0.25, 0.3) is 11.4 Å². The lowest BCUT2D eigenvalue weighted by molar-refractivity contribution is 0.0826. The molecule has 2 N–H and O–H groups in total. The van der Waals surface area contributed by atoms with E-state index < -0.39 is 0 Å². The number of anilines is 1. The number of amides is 2. The Morgan fingerprint density at radius 2 is 1.85 bits per heavy atom. The van der Waals surface area contributed by atoms with Crippen LogP contribution in [0, 0.1) is 0 Å². The molecule has 0 saturated heterocycles. The lowest BCUT2D eigenvalue weighted by atomic mass is 10.0. The smallest absolute Gasteiger partial charge is 0.272 e. The Bertz CT molecular complexity index is 1590. The van der Waals surface area contributed by atoms with Gasteiger partial charge in [-0.05, 0) is 31.5 Å². The standard InChI is InChI=1S/C29H32N8O3/c1-18(2)37-23-12-14-36(24-10-9-21(16-31-24)29(40)35(3)4)17-22(23)26(34-37)28(39)32-15-19-5-7-20(8-6-19)27-30-13-11-25(38)33-27/h5-11,13,16,18H,12,14-15,17H2,1-4H3,(H,32,39)(H,30,33,38). The van der Waals surface area contributed by atoms with Crippen molar-refractivity contribution in [3.63, 3.8) is 0 Å². The van der Waals surface area contributed by atoms with Crippen LogP contribution in [0.3, 0.4) is 0 Å². The number of carbonyl (C=O) groups is 2. The molecule has 40 heavy (non-hydrogen) atoms. The van der Waals surface area contributed by atoms with Gasteiger partial charge in [0.05, 0.1) is 5.56 Å². The van der Waals surface area contributed by atoms with Gasteiger partial charge in [-0.25, -0.2) is 9.97 Å². The highest BCUT2D eigenvalue weighted by Crippen LogP contribution is 2.28. The highest BCUT2D eigenvalue weighted by molar-refractivity contribution is 5.94. The predicted octanol–water partition coefficient (Wildman–Crippen LogP) is 2.80. The van der Waals surface area contributed by atoms with Gasteiger partial charge in [0.1, 0.15) is 11.6 Å². The molecule has 0 atom stereocenters. The van der Waals surface area contributed by atoms with E-state index in [0.29, 0.717) is 30.2 Å². The number of hydrogen-bond acceptors (Lipinski definition) is 7. The second kappa shape index (κ2) is 11.1. The zero-order chi connectivity index (χ0) is 28.4. The molecule has 0 aliphatic carbocycles. The molecule has 1 aliphatic rings. The molecule has 11 nitrogen and oxygen atoms in total. The molecule has 2 amide bonds. The summed E-state index contributed by atoms with van der Waals surface area (Å²) in [5.41, 5.74) is 4.37. The number of aromatic amines is 1. The Labute approximate surface area is 231 Å². The molecule has 4 heterocycles. The summed E-state index contributed by atoms with van der Waals surface area (Å²) >= 11 is 0. The fourth-order valence-electron chi connectivity index (χ4n) is 4.77. The Hall–Kier alpha value is -4.80. The van der Waals surface area contributed by atoms with Crippen molar-refractivity contribution >= 4 is 17.6 Å². The molecule has 5 rings (SSSR count). The van der Waals surface area contributed by atoms with E-state index in [9.17, 15) is 14.4 Å². The molecule has 1 aromatic carbocycles. The van der Waals surface area contributed by atoms with Crippen LogP contribution in [0.2, 0.25) is 0 Å². The third-order valence-electron chi connectivity index (χ3n) is 6.87. The molecule has 0 saturated carbocycles. The SMILES string of the molecule is CC(C)n1nc(C(=O)NCc2ccc(-c3nccc(=O)[nH]3)cc2)c2c1CCN(c1ccc(C(=O)N(C)C)cn1)C2. The average molecular weight is 541 g/mol. The summed E-state index contributed by atoms with van der Waals surface area (Å²) < 4.78 is 1.94. The van der Waals surface area contributed by atoms with Crippen LogP contribution in [0.5, 0.6) is 0 Å². The van der Waals surface area contributed by atoms with Gasteiger partial charge in [-0.3, -0.25) is 19.1 Å². The van der Waals surface area contributed by atoms with Crippen molar-refractivity contribution in [2.45, 2.75) is 39.4 Å². The second-order valence-corrected chi connectivity index (χ2v) is 10.3. The third kappa shape index (κ3) is 5.49. The summed E-state index contributed by atoms with van der Waals surface area (Å²) in [7, 11) is 3.42. The van der Waals surface area contributed by atoms with Crippen LogP contribution < -0.4 is 15.8 Å². The van der Waals surface area contributed by atoms with Gasteiger partial charge in [0, 0.05) is 81.5 Å². The fourth-order valence-corrected chi connectivity index (χ4v) is 4.77. The first-order valence-corrected chi connectivity index (χ1v) is 13.2. The number of pyridine rings is 1. The monoisotopic (exact) mass is 540 g/mol. The number of aromatic nitrogens is 5. The van der Waals surface area contributed by atoms with Crippen LogP contribution >= 0.6 is 0 Å².